The van der Waals surface area contributed by atoms with Gasteiger partial charge in [-0.1, -0.05) is 41.9 Å². The number of benzene rings is 1. The summed E-state index contributed by atoms with van der Waals surface area (Å²) in [4.78, 5) is 38.1. The number of halogens is 1. The van der Waals surface area contributed by atoms with Crippen molar-refractivity contribution >= 4 is 29.0 Å². The molecule has 1 N–H and O–H groups in total. The molecule has 0 aliphatic heterocycles. The maximum absolute atomic E-state index is 12.9. The van der Waals surface area contributed by atoms with Crippen LogP contribution in [0, 0.1) is 0 Å². The largest absolute Gasteiger partial charge is 0.460 e. The topological polar surface area (TPSA) is 76.9 Å². The second kappa shape index (κ2) is 8.71. The lowest BCUT2D eigenvalue weighted by Gasteiger charge is -2.23. The van der Waals surface area contributed by atoms with E-state index in [9.17, 15) is 14.4 Å². The molecule has 6 nitrogen and oxygen atoms in total. The van der Waals surface area contributed by atoms with Crippen LogP contribution in [0.15, 0.2) is 65.6 Å². The zero-order valence-corrected chi connectivity index (χ0v) is 17.8. The van der Waals surface area contributed by atoms with Crippen LogP contribution in [-0.4, -0.2) is 21.9 Å². The van der Waals surface area contributed by atoms with E-state index < -0.39 is 29.1 Å². The Labute approximate surface area is 179 Å². The number of pyridine rings is 2. The fraction of sp³-hybridized carbons (Fsp3) is 0.261. The molecule has 30 heavy (non-hydrogen) atoms. The number of hydrogen-bond acceptors (Lipinski definition) is 4. The van der Waals surface area contributed by atoms with E-state index in [4.69, 9.17) is 16.3 Å². The second-order valence-electron chi connectivity index (χ2n) is 7.92. The van der Waals surface area contributed by atoms with Gasteiger partial charge in [-0.25, -0.2) is 0 Å². The van der Waals surface area contributed by atoms with E-state index in [-0.39, 0.29) is 12.0 Å². The number of nitrogens with zero attached hydrogens (tertiary/aromatic N) is 1. The molecule has 1 unspecified atom stereocenters. The first-order valence-corrected chi connectivity index (χ1v) is 9.90. The summed E-state index contributed by atoms with van der Waals surface area (Å²) in [6.07, 6.45) is 1.46. The first-order valence-electron chi connectivity index (χ1n) is 9.52. The monoisotopic (exact) mass is 426 g/mol. The average Bonchev–Trinajstić information content (AvgIpc) is 2.66. The summed E-state index contributed by atoms with van der Waals surface area (Å²) in [5, 5.41) is 3.30. The van der Waals surface area contributed by atoms with Crippen molar-refractivity contribution in [1.29, 1.82) is 0 Å². The summed E-state index contributed by atoms with van der Waals surface area (Å²) in [5.74, 6) is -1.01. The number of carbonyl (C=O) groups is 2. The van der Waals surface area contributed by atoms with Gasteiger partial charge < -0.3 is 10.1 Å². The number of hydrogen-bond donors (Lipinski definition) is 1. The van der Waals surface area contributed by atoms with Gasteiger partial charge in [-0.15, -0.1) is 0 Å². The maximum atomic E-state index is 12.9. The van der Waals surface area contributed by atoms with E-state index in [0.717, 1.165) is 5.56 Å². The highest BCUT2D eigenvalue weighted by Gasteiger charge is 2.24. The second-order valence-corrected chi connectivity index (χ2v) is 8.36. The zero-order chi connectivity index (χ0) is 21.9. The van der Waals surface area contributed by atoms with Crippen LogP contribution in [0.3, 0.4) is 0 Å². The van der Waals surface area contributed by atoms with Crippen LogP contribution in [0.5, 0.6) is 0 Å². The van der Waals surface area contributed by atoms with Crippen molar-refractivity contribution in [3.63, 3.8) is 0 Å². The average molecular weight is 427 g/mol. The molecular formula is C23H23ClN2O4. The first kappa shape index (κ1) is 21.6. The summed E-state index contributed by atoms with van der Waals surface area (Å²) >= 11 is 5.97. The molecule has 0 spiro atoms. The third-order valence-corrected chi connectivity index (χ3v) is 4.59. The van der Waals surface area contributed by atoms with Gasteiger partial charge in [0.15, 0.2) is 0 Å². The third kappa shape index (κ3) is 5.27. The molecule has 0 saturated carbocycles. The molecule has 3 rings (SSSR count). The van der Waals surface area contributed by atoms with E-state index in [1.54, 1.807) is 39.0 Å². The van der Waals surface area contributed by atoms with E-state index in [0.29, 0.717) is 10.5 Å². The van der Waals surface area contributed by atoms with Crippen LogP contribution in [0.4, 0.5) is 0 Å². The number of rotatable bonds is 5. The fourth-order valence-electron chi connectivity index (χ4n) is 3.07. The van der Waals surface area contributed by atoms with Gasteiger partial charge in [0.1, 0.15) is 11.2 Å². The third-order valence-electron chi connectivity index (χ3n) is 4.36. The van der Waals surface area contributed by atoms with Gasteiger partial charge in [-0.3, -0.25) is 18.8 Å². The Bertz CT molecular complexity index is 1130. The molecule has 1 aromatic carbocycles. The lowest BCUT2D eigenvalue weighted by molar-refractivity contribution is -0.155. The van der Waals surface area contributed by atoms with Crippen LogP contribution < -0.4 is 10.9 Å². The van der Waals surface area contributed by atoms with Crippen LogP contribution in [0.25, 0.3) is 5.52 Å². The Morgan fingerprint density at radius 2 is 1.80 bits per heavy atom. The molecule has 7 heteroatoms. The minimum absolute atomic E-state index is 0.0278. The maximum Gasteiger partial charge on any atom is 0.308 e. The molecule has 1 amide bonds. The normalized spacial score (nSPS) is 12.4. The number of carbonyl (C=O) groups excluding carboxylic acids is 2. The summed E-state index contributed by atoms with van der Waals surface area (Å²) in [6, 6.07) is 14.8. The molecule has 2 heterocycles. The Kier molecular flexibility index (Phi) is 6.27. The molecule has 0 fully saturated rings. The molecular weight excluding hydrogens is 404 g/mol. The van der Waals surface area contributed by atoms with Crippen LogP contribution in [0.1, 0.15) is 49.2 Å². The molecule has 1 atom stereocenters. The number of amides is 1. The summed E-state index contributed by atoms with van der Waals surface area (Å²) in [7, 11) is 0. The molecule has 0 aliphatic carbocycles. The predicted octanol–water partition coefficient (Wildman–Crippen LogP) is 4.16. The van der Waals surface area contributed by atoms with Crippen LogP contribution in [-0.2, 0) is 9.53 Å². The lowest BCUT2D eigenvalue weighted by Crippen LogP contribution is -2.35. The standard InChI is InChI=1S/C23H23ClN2O4/c1-23(2,3)30-20(27)14-19(15-7-5-4-6-8-15)25-21(28)18-10-9-17-13-16(24)11-12-26(17)22(18)29/h4-13,19H,14H2,1-3H3,(H,25,28). The van der Waals surface area contributed by atoms with E-state index in [2.05, 4.69) is 5.32 Å². The van der Waals surface area contributed by atoms with Gasteiger partial charge in [0, 0.05) is 11.2 Å². The number of nitrogens with one attached hydrogen (secondary N) is 1. The molecule has 2 aromatic heterocycles. The highest BCUT2D eigenvalue weighted by molar-refractivity contribution is 6.30. The van der Waals surface area contributed by atoms with Crippen molar-refractivity contribution < 1.29 is 14.3 Å². The Balaban J connectivity index is 1.89. The van der Waals surface area contributed by atoms with Gasteiger partial charge in [-0.2, -0.15) is 0 Å². The minimum atomic E-state index is -0.640. The highest BCUT2D eigenvalue weighted by Crippen LogP contribution is 2.20. The van der Waals surface area contributed by atoms with Gasteiger partial charge in [0.25, 0.3) is 11.5 Å². The van der Waals surface area contributed by atoms with E-state index in [1.807, 2.05) is 30.3 Å². The smallest absolute Gasteiger partial charge is 0.308 e. The zero-order valence-electron chi connectivity index (χ0n) is 17.0. The van der Waals surface area contributed by atoms with Gasteiger partial charge >= 0.3 is 5.97 Å². The van der Waals surface area contributed by atoms with Gasteiger partial charge in [-0.05, 0) is 50.6 Å². The van der Waals surface area contributed by atoms with Gasteiger partial charge in [0.05, 0.1) is 18.0 Å². The molecule has 0 saturated heterocycles. The quantitative estimate of drug-likeness (QED) is 0.621. The minimum Gasteiger partial charge on any atom is -0.460 e. The fourth-order valence-corrected chi connectivity index (χ4v) is 3.24. The molecule has 3 aromatic rings. The molecule has 0 aliphatic rings. The van der Waals surface area contributed by atoms with Crippen LogP contribution >= 0.6 is 11.6 Å². The van der Waals surface area contributed by atoms with Crippen molar-refractivity contribution in [2.75, 3.05) is 0 Å². The van der Waals surface area contributed by atoms with Gasteiger partial charge in [0.2, 0.25) is 0 Å². The van der Waals surface area contributed by atoms with E-state index >= 15 is 0 Å². The van der Waals surface area contributed by atoms with Crippen molar-refractivity contribution in [3.05, 3.63) is 87.3 Å². The molecule has 0 radical (unpaired) electrons. The van der Waals surface area contributed by atoms with Crippen molar-refractivity contribution in [2.24, 2.45) is 0 Å². The first-order chi connectivity index (χ1) is 14.1. The summed E-state index contributed by atoms with van der Waals surface area (Å²) < 4.78 is 6.75. The van der Waals surface area contributed by atoms with Crippen molar-refractivity contribution in [2.45, 2.75) is 38.8 Å². The summed E-state index contributed by atoms with van der Waals surface area (Å²) in [5.41, 5.74) is 0.188. The van der Waals surface area contributed by atoms with E-state index in [1.165, 1.54) is 16.7 Å². The number of fused-ring (bicyclic) bond motifs is 1. The Morgan fingerprint density at radius 1 is 1.10 bits per heavy atom. The van der Waals surface area contributed by atoms with Crippen molar-refractivity contribution in [3.8, 4) is 0 Å². The Hall–Kier alpha value is -3.12. The SMILES string of the molecule is CC(C)(C)OC(=O)CC(NC(=O)c1ccc2cc(Cl)ccn2c1=O)c1ccccc1. The number of ether oxygens (including phenoxy) is 1. The Morgan fingerprint density at radius 3 is 2.47 bits per heavy atom. The highest BCUT2D eigenvalue weighted by atomic mass is 35.5. The van der Waals surface area contributed by atoms with Crippen LogP contribution in [0.2, 0.25) is 5.02 Å². The van der Waals surface area contributed by atoms with Crippen molar-refractivity contribution in [1.82, 2.24) is 9.72 Å². The number of esters is 1. The summed E-state index contributed by atoms with van der Waals surface area (Å²) in [6.45, 7) is 5.34. The predicted molar refractivity (Wildman–Crippen MR) is 116 cm³/mol. The number of aromatic nitrogens is 1. The molecule has 0 bridgehead atoms. The molecule has 156 valence electrons. The lowest BCUT2D eigenvalue weighted by atomic mass is 10.0.